The molecule has 0 unspecified atom stereocenters. The van der Waals surface area contributed by atoms with Crippen LogP contribution in [0, 0.1) is 0 Å². The summed E-state index contributed by atoms with van der Waals surface area (Å²) in [4.78, 5) is 32.7. The van der Waals surface area contributed by atoms with Gasteiger partial charge in [0.15, 0.2) is 5.13 Å². The van der Waals surface area contributed by atoms with E-state index in [1.165, 1.54) is 16.9 Å². The summed E-state index contributed by atoms with van der Waals surface area (Å²) in [6.45, 7) is 2.81. The summed E-state index contributed by atoms with van der Waals surface area (Å²) in [5, 5.41) is 2.61. The molecule has 6 heteroatoms. The summed E-state index contributed by atoms with van der Waals surface area (Å²) in [7, 11) is 0. The lowest BCUT2D eigenvalue weighted by molar-refractivity contribution is -0.118. The zero-order valence-electron chi connectivity index (χ0n) is 13.6. The number of nitrogens with zero attached hydrogens (tertiary/aromatic N) is 3. The highest BCUT2D eigenvalue weighted by Gasteiger charge is 2.31. The molecule has 24 heavy (non-hydrogen) atoms. The number of para-hydroxylation sites is 1. The van der Waals surface area contributed by atoms with Gasteiger partial charge in [-0.1, -0.05) is 18.2 Å². The van der Waals surface area contributed by atoms with Crippen LogP contribution in [0.2, 0.25) is 0 Å². The molecular formula is C18H19N3O2S. The number of rotatable bonds is 3. The Hall–Kier alpha value is -2.21. The van der Waals surface area contributed by atoms with Gasteiger partial charge in [0.1, 0.15) is 0 Å². The number of carbonyl (C=O) groups excluding carboxylic acids is 2. The maximum absolute atomic E-state index is 12.8. The highest BCUT2D eigenvalue weighted by Crippen LogP contribution is 2.32. The van der Waals surface area contributed by atoms with Crippen LogP contribution in [0.5, 0.6) is 0 Å². The van der Waals surface area contributed by atoms with E-state index in [1.807, 2.05) is 28.5 Å². The predicted molar refractivity (Wildman–Crippen MR) is 94.5 cm³/mol. The molecule has 2 aliphatic rings. The minimum absolute atomic E-state index is 0.0667. The number of aromatic nitrogens is 1. The van der Waals surface area contributed by atoms with E-state index >= 15 is 0 Å². The van der Waals surface area contributed by atoms with Crippen LogP contribution in [0.1, 0.15) is 31.0 Å². The van der Waals surface area contributed by atoms with Crippen molar-refractivity contribution in [2.45, 2.75) is 38.6 Å². The third kappa shape index (κ3) is 2.60. The van der Waals surface area contributed by atoms with Crippen molar-refractivity contribution in [2.75, 3.05) is 16.3 Å². The quantitative estimate of drug-likeness (QED) is 0.863. The van der Waals surface area contributed by atoms with E-state index in [4.69, 9.17) is 0 Å². The average Bonchev–Trinajstić information content (AvgIpc) is 3.24. The molecule has 1 fully saturated rings. The first kappa shape index (κ1) is 15.3. The van der Waals surface area contributed by atoms with Crippen molar-refractivity contribution in [3.8, 4) is 0 Å². The Morgan fingerprint density at radius 3 is 3.00 bits per heavy atom. The molecule has 1 atom stereocenters. The van der Waals surface area contributed by atoms with Crippen molar-refractivity contribution in [3.63, 3.8) is 0 Å². The van der Waals surface area contributed by atoms with Gasteiger partial charge in [-0.05, 0) is 31.4 Å². The van der Waals surface area contributed by atoms with Crippen molar-refractivity contribution in [2.24, 2.45) is 0 Å². The van der Waals surface area contributed by atoms with Gasteiger partial charge < -0.3 is 4.90 Å². The maximum Gasteiger partial charge on any atom is 0.233 e. The van der Waals surface area contributed by atoms with Gasteiger partial charge in [-0.3, -0.25) is 14.5 Å². The van der Waals surface area contributed by atoms with E-state index in [9.17, 15) is 9.59 Å². The number of carbonyl (C=O) groups is 2. The summed E-state index contributed by atoms with van der Waals surface area (Å²) < 4.78 is 0. The lowest BCUT2D eigenvalue weighted by Crippen LogP contribution is -2.36. The third-order valence-electron chi connectivity index (χ3n) is 4.65. The summed E-state index contributed by atoms with van der Waals surface area (Å²) >= 11 is 1.44. The molecule has 1 aromatic heterocycles. The molecule has 3 heterocycles. The average molecular weight is 341 g/mol. The molecule has 4 rings (SSSR count). The van der Waals surface area contributed by atoms with Crippen LogP contribution < -0.4 is 9.80 Å². The minimum atomic E-state index is 0.0667. The predicted octanol–water partition coefficient (Wildman–Crippen LogP) is 2.79. The van der Waals surface area contributed by atoms with Gasteiger partial charge in [0, 0.05) is 30.1 Å². The van der Waals surface area contributed by atoms with E-state index in [0.29, 0.717) is 6.42 Å². The summed E-state index contributed by atoms with van der Waals surface area (Å²) in [6.07, 6.45) is 2.65. The van der Waals surface area contributed by atoms with Crippen LogP contribution in [-0.2, 0) is 22.4 Å². The van der Waals surface area contributed by atoms with E-state index in [2.05, 4.69) is 18.0 Å². The fourth-order valence-corrected chi connectivity index (χ4v) is 4.41. The summed E-state index contributed by atoms with van der Waals surface area (Å²) in [6, 6.07) is 8.25. The number of hydrogen-bond donors (Lipinski definition) is 0. The van der Waals surface area contributed by atoms with Crippen molar-refractivity contribution < 1.29 is 9.59 Å². The Morgan fingerprint density at radius 1 is 1.38 bits per heavy atom. The fraction of sp³-hybridized carbons (Fsp3) is 0.389. The third-order valence-corrected chi connectivity index (χ3v) is 5.56. The Bertz CT molecular complexity index is 801. The molecule has 0 saturated carbocycles. The summed E-state index contributed by atoms with van der Waals surface area (Å²) in [5.74, 6) is 0.196. The molecule has 0 radical (unpaired) electrons. The Balaban J connectivity index is 1.51. The Kier molecular flexibility index (Phi) is 3.84. The topological polar surface area (TPSA) is 53.5 Å². The normalized spacial score (nSPS) is 19.9. The van der Waals surface area contributed by atoms with Crippen molar-refractivity contribution in [1.82, 2.24) is 4.98 Å². The zero-order valence-corrected chi connectivity index (χ0v) is 14.4. The van der Waals surface area contributed by atoms with Gasteiger partial charge in [-0.2, -0.15) is 0 Å². The first-order valence-electron chi connectivity index (χ1n) is 8.28. The van der Waals surface area contributed by atoms with E-state index < -0.39 is 0 Å². The minimum Gasteiger partial charge on any atom is -0.309 e. The van der Waals surface area contributed by atoms with Crippen LogP contribution in [0.25, 0.3) is 0 Å². The molecule has 5 nitrogen and oxygen atoms in total. The molecule has 1 saturated heterocycles. The second-order valence-corrected chi connectivity index (χ2v) is 7.23. The van der Waals surface area contributed by atoms with Crippen molar-refractivity contribution in [3.05, 3.63) is 40.9 Å². The molecule has 124 valence electrons. The molecular weight excluding hydrogens is 322 g/mol. The molecule has 2 aliphatic heterocycles. The van der Waals surface area contributed by atoms with Gasteiger partial charge in [-0.15, -0.1) is 11.3 Å². The van der Waals surface area contributed by atoms with Crippen LogP contribution in [0.4, 0.5) is 10.8 Å². The molecule has 0 N–H and O–H groups in total. The fourth-order valence-electron chi connectivity index (χ4n) is 3.54. The molecule has 1 aromatic carbocycles. The standard InChI is InChI=1S/C18H19N3O2S/c1-12-9-13-5-2-3-6-15(13)21(12)17(23)10-14-11-24-18(19-14)20-8-4-7-16(20)22/h2-3,5-6,11-12H,4,7-10H2,1H3/t12-/m0/s1. The number of hydrogen-bond acceptors (Lipinski definition) is 4. The SMILES string of the molecule is C[C@H]1Cc2ccccc2N1C(=O)Cc1csc(N2CCCC2=O)n1. The second kappa shape index (κ2) is 6.02. The highest BCUT2D eigenvalue weighted by atomic mass is 32.1. The molecule has 0 spiro atoms. The summed E-state index contributed by atoms with van der Waals surface area (Å²) in [5.41, 5.74) is 2.98. The second-order valence-electron chi connectivity index (χ2n) is 6.39. The zero-order chi connectivity index (χ0) is 16.7. The molecule has 0 aliphatic carbocycles. The monoisotopic (exact) mass is 341 g/mol. The van der Waals surface area contributed by atoms with Gasteiger partial charge in [0.2, 0.25) is 11.8 Å². The smallest absolute Gasteiger partial charge is 0.233 e. The van der Waals surface area contributed by atoms with Gasteiger partial charge >= 0.3 is 0 Å². The first-order valence-corrected chi connectivity index (χ1v) is 9.16. The maximum atomic E-state index is 12.8. The Morgan fingerprint density at radius 2 is 2.21 bits per heavy atom. The van der Waals surface area contributed by atoms with Gasteiger partial charge in [0.25, 0.3) is 0 Å². The van der Waals surface area contributed by atoms with E-state index in [1.54, 1.807) is 4.90 Å². The lowest BCUT2D eigenvalue weighted by Gasteiger charge is -2.22. The van der Waals surface area contributed by atoms with Crippen molar-refractivity contribution >= 4 is 34.0 Å². The molecule has 2 aromatic rings. The lowest BCUT2D eigenvalue weighted by atomic mass is 10.1. The van der Waals surface area contributed by atoms with Gasteiger partial charge in [-0.25, -0.2) is 4.98 Å². The van der Waals surface area contributed by atoms with Crippen LogP contribution >= 0.6 is 11.3 Å². The number of benzene rings is 1. The van der Waals surface area contributed by atoms with Crippen molar-refractivity contribution in [1.29, 1.82) is 0 Å². The van der Waals surface area contributed by atoms with E-state index in [0.717, 1.165) is 35.9 Å². The molecule has 2 amide bonds. The molecule has 0 bridgehead atoms. The first-order chi connectivity index (χ1) is 11.6. The van der Waals surface area contributed by atoms with Gasteiger partial charge in [0.05, 0.1) is 12.1 Å². The number of amides is 2. The number of fused-ring (bicyclic) bond motifs is 1. The largest absolute Gasteiger partial charge is 0.309 e. The van der Waals surface area contributed by atoms with Crippen LogP contribution in [0.3, 0.4) is 0 Å². The number of thiazole rings is 1. The number of anilines is 2. The van der Waals surface area contributed by atoms with Crippen LogP contribution in [0.15, 0.2) is 29.6 Å². The van der Waals surface area contributed by atoms with E-state index in [-0.39, 0.29) is 24.3 Å². The highest BCUT2D eigenvalue weighted by molar-refractivity contribution is 7.14. The Labute approximate surface area is 144 Å². The van der Waals surface area contributed by atoms with Crippen LogP contribution in [-0.4, -0.2) is 29.4 Å².